The fraction of sp³-hybridized carbons (Fsp3) is 0.833. The number of rotatable bonds is 4. The standard InChI is InChI=1S/2C6H12O2.Cu/c2*1-4(2)5(3)6(7)8;/h2*4-5H,1-3H3,(H,7,8);/q;;+2/p-2. The molecule has 0 rings (SSSR count). The molecule has 0 N–H and O–H groups in total. The molecule has 1 radical (unpaired) electrons. The number of hydrogen-bond donors (Lipinski definition) is 0. The van der Waals surface area contributed by atoms with Gasteiger partial charge >= 0.3 is 17.1 Å². The van der Waals surface area contributed by atoms with Crippen LogP contribution in [0.15, 0.2) is 0 Å². The SMILES string of the molecule is CC(C)C(C)C(=O)[O-].CC(C)C(C)C(=O)[O-].[Cu+2]. The van der Waals surface area contributed by atoms with Crippen molar-refractivity contribution in [3.63, 3.8) is 0 Å². The summed E-state index contributed by atoms with van der Waals surface area (Å²) in [4.78, 5) is 20.1. The van der Waals surface area contributed by atoms with Crippen LogP contribution >= 0.6 is 0 Å². The van der Waals surface area contributed by atoms with Gasteiger partial charge in [0.05, 0.1) is 0 Å². The minimum Gasteiger partial charge on any atom is -0.550 e. The molecular formula is C12H22CuO4. The summed E-state index contributed by atoms with van der Waals surface area (Å²) in [6, 6.07) is 0. The van der Waals surface area contributed by atoms with E-state index in [-0.39, 0.29) is 40.7 Å². The summed E-state index contributed by atoms with van der Waals surface area (Å²) < 4.78 is 0. The van der Waals surface area contributed by atoms with E-state index in [2.05, 4.69) is 0 Å². The number of carboxylic acids is 2. The van der Waals surface area contributed by atoms with Gasteiger partial charge in [-0.15, -0.1) is 0 Å². The van der Waals surface area contributed by atoms with E-state index in [1.807, 2.05) is 27.7 Å². The summed E-state index contributed by atoms with van der Waals surface area (Å²) in [6.07, 6.45) is 0. The molecule has 0 saturated heterocycles. The summed E-state index contributed by atoms with van der Waals surface area (Å²) in [7, 11) is 0. The maximum absolute atomic E-state index is 10.0. The van der Waals surface area contributed by atoms with E-state index in [4.69, 9.17) is 0 Å². The largest absolute Gasteiger partial charge is 2.00 e. The molecule has 105 valence electrons. The monoisotopic (exact) mass is 293 g/mol. The Labute approximate surface area is 114 Å². The first-order chi connectivity index (χ1) is 7.11. The van der Waals surface area contributed by atoms with E-state index >= 15 is 0 Å². The van der Waals surface area contributed by atoms with E-state index in [0.717, 1.165) is 0 Å². The third-order valence-electron chi connectivity index (χ3n) is 2.74. The Kier molecular flexibility index (Phi) is 13.5. The first kappa shape index (κ1) is 21.7. The van der Waals surface area contributed by atoms with Crippen molar-refractivity contribution in [2.24, 2.45) is 23.7 Å². The predicted molar refractivity (Wildman–Crippen MR) is 58.0 cm³/mol. The first-order valence-electron chi connectivity index (χ1n) is 5.52. The van der Waals surface area contributed by atoms with Crippen LogP contribution in [0.5, 0.6) is 0 Å². The van der Waals surface area contributed by atoms with Crippen molar-refractivity contribution in [3.8, 4) is 0 Å². The molecule has 0 fully saturated rings. The average Bonchev–Trinajstić information content (AvgIpc) is 2.15. The maximum Gasteiger partial charge on any atom is 2.00 e. The van der Waals surface area contributed by atoms with Gasteiger partial charge < -0.3 is 19.8 Å². The summed E-state index contributed by atoms with van der Waals surface area (Å²) in [5, 5.41) is 20.1. The van der Waals surface area contributed by atoms with Crippen LogP contribution in [0.3, 0.4) is 0 Å². The Bertz CT molecular complexity index is 203. The Morgan fingerprint density at radius 2 is 0.882 bits per heavy atom. The minimum atomic E-state index is -0.958. The Morgan fingerprint density at radius 3 is 0.882 bits per heavy atom. The fourth-order valence-corrected chi connectivity index (χ4v) is 0.544. The van der Waals surface area contributed by atoms with Gasteiger partial charge in [0, 0.05) is 11.9 Å². The van der Waals surface area contributed by atoms with Gasteiger partial charge in [-0.3, -0.25) is 0 Å². The smallest absolute Gasteiger partial charge is 0.550 e. The summed E-state index contributed by atoms with van der Waals surface area (Å²) in [5.74, 6) is -2.20. The molecule has 0 aromatic rings. The average molecular weight is 294 g/mol. The second-order valence-electron chi connectivity index (χ2n) is 4.70. The van der Waals surface area contributed by atoms with Crippen LogP contribution in [-0.2, 0) is 26.7 Å². The van der Waals surface area contributed by atoms with Gasteiger partial charge in [0.15, 0.2) is 0 Å². The molecule has 5 heteroatoms. The van der Waals surface area contributed by atoms with E-state index in [9.17, 15) is 19.8 Å². The zero-order valence-corrected chi connectivity index (χ0v) is 12.2. The fourth-order valence-electron chi connectivity index (χ4n) is 0.544. The Balaban J connectivity index is -0.000000218. The van der Waals surface area contributed by atoms with Crippen LogP contribution < -0.4 is 10.2 Å². The number of carboxylic acid groups (broad SMARTS) is 2. The number of carbonyl (C=O) groups excluding carboxylic acids is 2. The van der Waals surface area contributed by atoms with Crippen molar-refractivity contribution < 1.29 is 36.9 Å². The van der Waals surface area contributed by atoms with Gasteiger partial charge in [-0.05, 0) is 23.7 Å². The van der Waals surface area contributed by atoms with E-state index in [0.29, 0.717) is 0 Å². The molecule has 0 aromatic carbocycles. The topological polar surface area (TPSA) is 80.3 Å². The third kappa shape index (κ3) is 11.7. The molecule has 0 spiro atoms. The summed E-state index contributed by atoms with van der Waals surface area (Å²) in [6.45, 7) is 10.8. The Morgan fingerprint density at radius 1 is 0.706 bits per heavy atom. The number of aliphatic carboxylic acids is 2. The summed E-state index contributed by atoms with van der Waals surface area (Å²) >= 11 is 0. The molecule has 2 unspecified atom stereocenters. The summed E-state index contributed by atoms with van der Waals surface area (Å²) in [5.41, 5.74) is 0. The molecule has 0 saturated carbocycles. The maximum atomic E-state index is 10.0. The molecule has 0 aromatic heterocycles. The van der Waals surface area contributed by atoms with Gasteiger partial charge in [0.25, 0.3) is 0 Å². The molecule has 0 heterocycles. The molecule has 0 aliphatic heterocycles. The first-order valence-corrected chi connectivity index (χ1v) is 5.52. The van der Waals surface area contributed by atoms with Crippen LogP contribution in [0.4, 0.5) is 0 Å². The van der Waals surface area contributed by atoms with Gasteiger partial charge in [0.2, 0.25) is 0 Å². The van der Waals surface area contributed by atoms with E-state index in [1.165, 1.54) is 0 Å². The van der Waals surface area contributed by atoms with Gasteiger partial charge in [-0.2, -0.15) is 0 Å². The molecule has 0 aliphatic rings. The van der Waals surface area contributed by atoms with Gasteiger partial charge in [0.1, 0.15) is 0 Å². The van der Waals surface area contributed by atoms with Crippen LogP contribution in [0, 0.1) is 23.7 Å². The van der Waals surface area contributed by atoms with Crippen molar-refractivity contribution in [2.75, 3.05) is 0 Å². The van der Waals surface area contributed by atoms with Crippen molar-refractivity contribution in [2.45, 2.75) is 41.5 Å². The van der Waals surface area contributed by atoms with Crippen LogP contribution in [0.2, 0.25) is 0 Å². The van der Waals surface area contributed by atoms with E-state index in [1.54, 1.807) is 13.8 Å². The van der Waals surface area contributed by atoms with Crippen LogP contribution in [-0.4, -0.2) is 11.9 Å². The molecule has 2 atom stereocenters. The van der Waals surface area contributed by atoms with Gasteiger partial charge in [-0.25, -0.2) is 0 Å². The van der Waals surface area contributed by atoms with Gasteiger partial charge in [-0.1, -0.05) is 41.5 Å². The molecule has 0 amide bonds. The van der Waals surface area contributed by atoms with Crippen molar-refractivity contribution in [3.05, 3.63) is 0 Å². The van der Waals surface area contributed by atoms with Crippen molar-refractivity contribution in [1.29, 1.82) is 0 Å². The zero-order valence-electron chi connectivity index (χ0n) is 11.2. The van der Waals surface area contributed by atoms with Crippen LogP contribution in [0.1, 0.15) is 41.5 Å². The molecule has 0 aliphatic carbocycles. The van der Waals surface area contributed by atoms with Crippen LogP contribution in [0.25, 0.3) is 0 Å². The second kappa shape index (κ2) is 10.6. The predicted octanol–water partition coefficient (Wildman–Crippen LogP) is 0.0543. The molecule has 4 nitrogen and oxygen atoms in total. The molecule has 17 heavy (non-hydrogen) atoms. The quantitative estimate of drug-likeness (QED) is 0.686. The normalized spacial score (nSPS) is 13.2. The molecule has 0 bridgehead atoms. The molecular weight excluding hydrogens is 272 g/mol. The Hall–Kier alpha value is -0.541. The van der Waals surface area contributed by atoms with E-state index < -0.39 is 11.9 Å². The number of carbonyl (C=O) groups is 2. The van der Waals surface area contributed by atoms with Crippen molar-refractivity contribution >= 4 is 11.9 Å². The minimum absolute atomic E-state index is 0. The van der Waals surface area contributed by atoms with Crippen molar-refractivity contribution in [1.82, 2.24) is 0 Å². The number of hydrogen-bond acceptors (Lipinski definition) is 4. The second-order valence-corrected chi connectivity index (χ2v) is 4.70. The zero-order chi connectivity index (χ0) is 13.5. The third-order valence-corrected chi connectivity index (χ3v) is 2.74.